The molecule has 2 N–H and O–H groups in total. The largest absolute Gasteiger partial charge is 0.492 e. The minimum Gasteiger partial charge on any atom is -0.492 e. The quantitative estimate of drug-likeness (QED) is 0.276. The maximum atomic E-state index is 13.5. The highest BCUT2D eigenvalue weighted by Crippen LogP contribution is 2.39. The van der Waals surface area contributed by atoms with Gasteiger partial charge in [0.25, 0.3) is 5.91 Å². The van der Waals surface area contributed by atoms with Crippen molar-refractivity contribution < 1.29 is 31.1 Å². The van der Waals surface area contributed by atoms with Crippen LogP contribution < -0.4 is 14.8 Å². The van der Waals surface area contributed by atoms with Crippen LogP contribution in [0.5, 0.6) is 5.75 Å². The standard InChI is InChI=1S/C28H32F3N7O4S/c1-16-8-9-18(10-23(16)38-14-22(34-36-38)24-13-32-17(2)37(24)15-28(29,30)31)26(39)33-20-11-19(27(3,4)5)12-21(25(20)42-6)35-43(7,40)41/h8-14,35H,15H2,1-7H3,(H,33,39). The predicted octanol–water partition coefficient (Wildman–Crippen LogP) is 5.24. The van der Waals surface area contributed by atoms with E-state index in [1.165, 1.54) is 31.1 Å². The number of aryl methyl sites for hydroxylation is 2. The number of aromatic nitrogens is 5. The van der Waals surface area contributed by atoms with E-state index in [0.29, 0.717) is 5.69 Å². The molecule has 2 aromatic heterocycles. The van der Waals surface area contributed by atoms with E-state index in [4.69, 9.17) is 4.74 Å². The molecule has 15 heteroatoms. The van der Waals surface area contributed by atoms with E-state index >= 15 is 0 Å². The lowest BCUT2D eigenvalue weighted by molar-refractivity contribution is -0.140. The summed E-state index contributed by atoms with van der Waals surface area (Å²) >= 11 is 0. The number of anilines is 2. The Kier molecular flexibility index (Phi) is 8.33. The van der Waals surface area contributed by atoms with E-state index in [1.54, 1.807) is 37.3 Å². The zero-order valence-electron chi connectivity index (χ0n) is 24.7. The fourth-order valence-corrected chi connectivity index (χ4v) is 4.94. The van der Waals surface area contributed by atoms with Crippen LogP contribution in [0, 0.1) is 13.8 Å². The highest BCUT2D eigenvalue weighted by molar-refractivity contribution is 7.92. The van der Waals surface area contributed by atoms with Crippen molar-refractivity contribution in [1.82, 2.24) is 24.5 Å². The van der Waals surface area contributed by atoms with Gasteiger partial charge in [-0.25, -0.2) is 18.1 Å². The number of sulfonamides is 1. The number of ether oxygens (including phenoxy) is 1. The average molecular weight is 620 g/mol. The summed E-state index contributed by atoms with van der Waals surface area (Å²) in [5, 5.41) is 11.0. The number of rotatable bonds is 8. The van der Waals surface area contributed by atoms with Crippen molar-refractivity contribution >= 4 is 27.3 Å². The van der Waals surface area contributed by atoms with Crippen LogP contribution in [0.15, 0.2) is 42.7 Å². The summed E-state index contributed by atoms with van der Waals surface area (Å²) in [4.78, 5) is 17.5. The van der Waals surface area contributed by atoms with Crippen LogP contribution >= 0.6 is 0 Å². The lowest BCUT2D eigenvalue weighted by atomic mass is 9.86. The SMILES string of the molecule is COc1c(NC(=O)c2ccc(C)c(-n3cc(-c4cnc(C)n4CC(F)(F)F)nn3)c2)cc(C(C)(C)C)cc1NS(C)(=O)=O. The summed E-state index contributed by atoms with van der Waals surface area (Å²) in [6, 6.07) is 8.24. The molecule has 0 bridgehead atoms. The number of halogens is 3. The average Bonchev–Trinajstić information content (AvgIpc) is 3.48. The second-order valence-electron chi connectivity index (χ2n) is 11.1. The smallest absolute Gasteiger partial charge is 0.406 e. The van der Waals surface area contributed by atoms with Crippen LogP contribution in [0.1, 0.15) is 48.1 Å². The number of carbonyl (C=O) groups is 1. The number of nitrogens with one attached hydrogen (secondary N) is 2. The molecule has 1 amide bonds. The van der Waals surface area contributed by atoms with Gasteiger partial charge in [0.1, 0.15) is 18.1 Å². The monoisotopic (exact) mass is 619 g/mol. The first-order chi connectivity index (χ1) is 19.9. The van der Waals surface area contributed by atoms with Gasteiger partial charge in [-0.2, -0.15) is 13.2 Å². The summed E-state index contributed by atoms with van der Waals surface area (Å²) < 4.78 is 73.8. The van der Waals surface area contributed by atoms with E-state index in [2.05, 4.69) is 25.3 Å². The minimum absolute atomic E-state index is 0.130. The highest BCUT2D eigenvalue weighted by Gasteiger charge is 2.30. The summed E-state index contributed by atoms with van der Waals surface area (Å²) in [5.74, 6) is -0.210. The molecular formula is C28H32F3N7O4S. The Morgan fingerprint density at radius 2 is 1.74 bits per heavy atom. The van der Waals surface area contributed by atoms with Crippen LogP contribution in [0.3, 0.4) is 0 Å². The molecule has 0 aliphatic rings. The Bertz CT molecular complexity index is 1790. The zero-order valence-corrected chi connectivity index (χ0v) is 25.5. The third-order valence-corrected chi connectivity index (χ3v) is 7.16. The molecule has 0 saturated heterocycles. The minimum atomic E-state index is -4.45. The fraction of sp³-hybridized carbons (Fsp3) is 0.357. The number of hydrogen-bond acceptors (Lipinski definition) is 7. The van der Waals surface area contributed by atoms with E-state index in [-0.39, 0.29) is 39.9 Å². The Balaban J connectivity index is 1.70. The van der Waals surface area contributed by atoms with Gasteiger partial charge in [-0.1, -0.05) is 32.1 Å². The summed E-state index contributed by atoms with van der Waals surface area (Å²) in [7, 11) is -2.29. The van der Waals surface area contributed by atoms with Crippen LogP contribution in [0.4, 0.5) is 24.5 Å². The Hall–Kier alpha value is -4.40. The van der Waals surface area contributed by atoms with Crippen molar-refractivity contribution in [2.45, 2.75) is 52.8 Å². The molecule has 0 unspecified atom stereocenters. The van der Waals surface area contributed by atoms with Gasteiger partial charge in [-0.05, 0) is 54.7 Å². The molecule has 230 valence electrons. The molecule has 2 heterocycles. The first-order valence-electron chi connectivity index (χ1n) is 13.0. The maximum Gasteiger partial charge on any atom is 0.406 e. The number of alkyl halides is 3. The van der Waals surface area contributed by atoms with Gasteiger partial charge >= 0.3 is 6.18 Å². The van der Waals surface area contributed by atoms with Gasteiger partial charge in [-0.3, -0.25) is 9.52 Å². The lowest BCUT2D eigenvalue weighted by Gasteiger charge is -2.24. The zero-order chi connectivity index (χ0) is 31.9. The molecule has 4 rings (SSSR count). The first-order valence-corrected chi connectivity index (χ1v) is 14.9. The summed E-state index contributed by atoms with van der Waals surface area (Å²) in [6.45, 7) is 7.87. The second kappa shape index (κ2) is 11.4. The van der Waals surface area contributed by atoms with Crippen molar-refractivity contribution in [3.8, 4) is 22.8 Å². The third-order valence-electron chi connectivity index (χ3n) is 6.57. The molecule has 0 radical (unpaired) electrons. The van der Waals surface area contributed by atoms with E-state index in [9.17, 15) is 26.4 Å². The molecule has 0 atom stereocenters. The number of methoxy groups -OCH3 is 1. The summed E-state index contributed by atoms with van der Waals surface area (Å²) in [5.41, 5.74) is 2.53. The molecule has 11 nitrogen and oxygen atoms in total. The first kappa shape index (κ1) is 31.5. The van der Waals surface area contributed by atoms with Crippen LogP contribution in [-0.2, 0) is 22.0 Å². The Labute approximate surface area is 247 Å². The van der Waals surface area contributed by atoms with Crippen LogP contribution in [0.25, 0.3) is 17.1 Å². The van der Waals surface area contributed by atoms with Crippen LogP contribution in [0.2, 0.25) is 0 Å². The molecule has 0 aliphatic heterocycles. The molecule has 0 saturated carbocycles. The van der Waals surface area contributed by atoms with Gasteiger partial charge < -0.3 is 14.6 Å². The third kappa shape index (κ3) is 7.34. The molecule has 0 spiro atoms. The van der Waals surface area contributed by atoms with E-state index in [1.807, 2.05) is 20.8 Å². The molecule has 2 aromatic carbocycles. The van der Waals surface area contributed by atoms with E-state index < -0.39 is 34.1 Å². The predicted molar refractivity (Wildman–Crippen MR) is 156 cm³/mol. The lowest BCUT2D eigenvalue weighted by Crippen LogP contribution is -2.19. The topological polar surface area (TPSA) is 133 Å². The number of imidazole rings is 1. The van der Waals surface area contributed by atoms with Gasteiger partial charge in [0.05, 0.1) is 48.5 Å². The Morgan fingerprint density at radius 1 is 1.07 bits per heavy atom. The molecule has 0 aliphatic carbocycles. The van der Waals surface area contributed by atoms with E-state index in [0.717, 1.165) is 21.9 Å². The molecule has 43 heavy (non-hydrogen) atoms. The summed E-state index contributed by atoms with van der Waals surface area (Å²) in [6.07, 6.45) is -0.668. The number of hydrogen-bond donors (Lipinski definition) is 2. The van der Waals surface area contributed by atoms with Crippen molar-refractivity contribution in [2.75, 3.05) is 23.4 Å². The molecule has 0 fully saturated rings. The van der Waals surface area contributed by atoms with Crippen molar-refractivity contribution in [3.63, 3.8) is 0 Å². The maximum absolute atomic E-state index is 13.5. The number of benzene rings is 2. The van der Waals surface area contributed by atoms with Crippen molar-refractivity contribution in [2.24, 2.45) is 0 Å². The van der Waals surface area contributed by atoms with Gasteiger partial charge in [0.15, 0.2) is 5.75 Å². The van der Waals surface area contributed by atoms with Gasteiger partial charge in [0, 0.05) is 5.56 Å². The second-order valence-corrected chi connectivity index (χ2v) is 12.9. The Morgan fingerprint density at radius 3 is 2.35 bits per heavy atom. The normalized spacial score (nSPS) is 12.3. The molecular weight excluding hydrogens is 587 g/mol. The fourth-order valence-electron chi connectivity index (χ4n) is 4.39. The number of amides is 1. The van der Waals surface area contributed by atoms with Crippen LogP contribution in [-0.4, -0.2) is 58.4 Å². The van der Waals surface area contributed by atoms with Crippen molar-refractivity contribution in [1.29, 1.82) is 0 Å². The molecule has 4 aromatic rings. The number of carbonyl (C=O) groups excluding carboxylic acids is 1. The van der Waals surface area contributed by atoms with Gasteiger partial charge in [0.2, 0.25) is 10.0 Å². The van der Waals surface area contributed by atoms with Crippen molar-refractivity contribution in [3.05, 3.63) is 65.2 Å². The highest BCUT2D eigenvalue weighted by atomic mass is 32.2. The number of nitrogens with zero attached hydrogens (tertiary/aromatic N) is 5. The van der Waals surface area contributed by atoms with Gasteiger partial charge in [-0.15, -0.1) is 5.10 Å².